The first-order valence-electron chi connectivity index (χ1n) is 8.44. The van der Waals surface area contributed by atoms with E-state index in [1.165, 1.54) is 17.4 Å². The number of thiophene rings is 1. The number of carbonyl (C=O) groups is 1. The van der Waals surface area contributed by atoms with Crippen molar-refractivity contribution in [2.75, 3.05) is 36.5 Å². The maximum Gasteiger partial charge on any atom is 0.229 e. The predicted molar refractivity (Wildman–Crippen MR) is 101 cm³/mol. The van der Waals surface area contributed by atoms with E-state index in [-0.39, 0.29) is 12.3 Å². The molecule has 0 aliphatic carbocycles. The Morgan fingerprint density at radius 2 is 2.12 bits per heavy atom. The van der Waals surface area contributed by atoms with Gasteiger partial charge in [0.25, 0.3) is 0 Å². The quantitative estimate of drug-likeness (QED) is 0.763. The van der Waals surface area contributed by atoms with Gasteiger partial charge in [0.05, 0.1) is 19.6 Å². The molecule has 0 atom stereocenters. The standard InChI is InChI=1S/C19H18FN3O2S/c20-16-11-14(21-18(24)12-15-2-1-9-26-15)10-13-3-4-17(22-19(13)16)23-5-7-25-8-6-23/h1-4,9-11H,5-8,12H2,(H,21,24). The molecule has 1 aliphatic heterocycles. The molecule has 1 aliphatic rings. The number of morpholine rings is 1. The summed E-state index contributed by atoms with van der Waals surface area (Å²) in [6.45, 7) is 2.79. The highest BCUT2D eigenvalue weighted by Gasteiger charge is 2.15. The largest absolute Gasteiger partial charge is 0.378 e. The molecule has 0 spiro atoms. The molecule has 0 unspecified atom stereocenters. The minimum absolute atomic E-state index is 0.163. The van der Waals surface area contributed by atoms with Gasteiger partial charge in [0.15, 0.2) is 5.82 Å². The third-order valence-electron chi connectivity index (χ3n) is 4.26. The van der Waals surface area contributed by atoms with Gasteiger partial charge in [-0.05, 0) is 35.7 Å². The zero-order valence-electron chi connectivity index (χ0n) is 14.1. The van der Waals surface area contributed by atoms with Gasteiger partial charge < -0.3 is 15.0 Å². The van der Waals surface area contributed by atoms with Crippen molar-refractivity contribution in [2.24, 2.45) is 0 Å². The number of hydrogen-bond acceptors (Lipinski definition) is 5. The first-order valence-corrected chi connectivity index (χ1v) is 9.32. The van der Waals surface area contributed by atoms with Gasteiger partial charge in [0, 0.05) is 29.0 Å². The molecule has 1 fully saturated rings. The van der Waals surface area contributed by atoms with Gasteiger partial charge in [0.1, 0.15) is 11.3 Å². The van der Waals surface area contributed by atoms with Gasteiger partial charge in [-0.25, -0.2) is 9.37 Å². The van der Waals surface area contributed by atoms with Crippen LogP contribution in [0.1, 0.15) is 4.88 Å². The Hall–Kier alpha value is -2.51. The van der Waals surface area contributed by atoms with E-state index < -0.39 is 5.82 Å². The SMILES string of the molecule is O=C(Cc1cccs1)Nc1cc(F)c2nc(N3CCOCC3)ccc2c1. The molecule has 26 heavy (non-hydrogen) atoms. The van der Waals surface area contributed by atoms with Gasteiger partial charge >= 0.3 is 0 Å². The van der Waals surface area contributed by atoms with Gasteiger partial charge in [-0.1, -0.05) is 6.07 Å². The Bertz CT molecular complexity index is 924. The van der Waals surface area contributed by atoms with Crippen LogP contribution in [-0.2, 0) is 16.0 Å². The summed E-state index contributed by atoms with van der Waals surface area (Å²) in [6.07, 6.45) is 0.283. The summed E-state index contributed by atoms with van der Waals surface area (Å²) in [5.41, 5.74) is 0.753. The van der Waals surface area contributed by atoms with Crippen molar-refractivity contribution < 1.29 is 13.9 Å². The minimum Gasteiger partial charge on any atom is -0.378 e. The third kappa shape index (κ3) is 3.68. The highest BCUT2D eigenvalue weighted by molar-refractivity contribution is 7.10. The van der Waals surface area contributed by atoms with E-state index in [1.807, 2.05) is 29.6 Å². The molecule has 5 nitrogen and oxygen atoms in total. The average Bonchev–Trinajstić information content (AvgIpc) is 3.15. The third-order valence-corrected chi connectivity index (χ3v) is 5.14. The molecule has 1 saturated heterocycles. The van der Waals surface area contributed by atoms with Crippen molar-refractivity contribution in [3.63, 3.8) is 0 Å². The van der Waals surface area contributed by atoms with Crippen LogP contribution in [0.25, 0.3) is 10.9 Å². The molecule has 4 rings (SSSR count). The van der Waals surface area contributed by atoms with Crippen LogP contribution in [0.15, 0.2) is 41.8 Å². The number of rotatable bonds is 4. The van der Waals surface area contributed by atoms with E-state index in [0.717, 1.165) is 23.8 Å². The number of halogens is 1. The van der Waals surface area contributed by atoms with Crippen LogP contribution in [0.3, 0.4) is 0 Å². The minimum atomic E-state index is -0.441. The molecular weight excluding hydrogens is 353 g/mol. The lowest BCUT2D eigenvalue weighted by atomic mass is 10.1. The zero-order chi connectivity index (χ0) is 17.9. The van der Waals surface area contributed by atoms with Crippen molar-refractivity contribution in [1.82, 2.24) is 4.98 Å². The van der Waals surface area contributed by atoms with Crippen LogP contribution in [0.4, 0.5) is 15.9 Å². The Labute approximate surface area is 154 Å². The number of nitrogens with zero attached hydrogens (tertiary/aromatic N) is 2. The summed E-state index contributed by atoms with van der Waals surface area (Å²) >= 11 is 1.52. The normalized spacial score (nSPS) is 14.6. The predicted octanol–water partition coefficient (Wildman–Crippen LogP) is 3.45. The molecule has 1 aromatic carbocycles. The Morgan fingerprint density at radius 3 is 2.88 bits per heavy atom. The molecular formula is C19H18FN3O2S. The van der Waals surface area contributed by atoms with Crippen molar-refractivity contribution in [2.45, 2.75) is 6.42 Å². The highest BCUT2D eigenvalue weighted by Crippen LogP contribution is 2.25. The molecule has 7 heteroatoms. The number of amides is 1. The molecule has 2 aromatic heterocycles. The summed E-state index contributed by atoms with van der Waals surface area (Å²) in [6, 6.07) is 10.6. The first-order chi connectivity index (χ1) is 12.7. The van der Waals surface area contributed by atoms with Crippen molar-refractivity contribution >= 4 is 39.7 Å². The monoisotopic (exact) mass is 371 g/mol. The maximum atomic E-state index is 14.6. The van der Waals surface area contributed by atoms with Crippen LogP contribution in [0.2, 0.25) is 0 Å². The Balaban J connectivity index is 1.55. The Morgan fingerprint density at radius 1 is 1.27 bits per heavy atom. The fraction of sp³-hybridized carbons (Fsp3) is 0.263. The summed E-state index contributed by atoms with van der Waals surface area (Å²) < 4.78 is 19.9. The van der Waals surface area contributed by atoms with E-state index in [1.54, 1.807) is 6.07 Å². The maximum absolute atomic E-state index is 14.6. The molecule has 0 bridgehead atoms. The van der Waals surface area contributed by atoms with E-state index in [9.17, 15) is 9.18 Å². The van der Waals surface area contributed by atoms with E-state index in [4.69, 9.17) is 4.74 Å². The summed E-state index contributed by atoms with van der Waals surface area (Å²) in [4.78, 5) is 19.6. The number of pyridine rings is 1. The van der Waals surface area contributed by atoms with Crippen molar-refractivity contribution in [3.05, 3.63) is 52.5 Å². The van der Waals surface area contributed by atoms with Gasteiger partial charge in [-0.15, -0.1) is 11.3 Å². The number of aromatic nitrogens is 1. The lowest BCUT2D eigenvalue weighted by molar-refractivity contribution is -0.115. The average molecular weight is 371 g/mol. The number of hydrogen-bond donors (Lipinski definition) is 1. The summed E-state index contributed by atoms with van der Waals surface area (Å²) in [5.74, 6) is 0.141. The number of fused-ring (bicyclic) bond motifs is 1. The number of nitrogens with one attached hydrogen (secondary N) is 1. The van der Waals surface area contributed by atoms with Gasteiger partial charge in [-0.3, -0.25) is 4.79 Å². The zero-order valence-corrected chi connectivity index (χ0v) is 14.9. The fourth-order valence-electron chi connectivity index (χ4n) is 3.00. The fourth-order valence-corrected chi connectivity index (χ4v) is 3.70. The van der Waals surface area contributed by atoms with Crippen molar-refractivity contribution in [1.29, 1.82) is 0 Å². The second-order valence-corrected chi connectivity index (χ2v) is 7.14. The molecule has 0 saturated carbocycles. The Kier molecular flexibility index (Phi) is 4.81. The van der Waals surface area contributed by atoms with E-state index in [0.29, 0.717) is 29.8 Å². The van der Waals surface area contributed by atoms with Crippen LogP contribution in [-0.4, -0.2) is 37.2 Å². The molecule has 1 amide bonds. The summed E-state index contributed by atoms with van der Waals surface area (Å²) in [7, 11) is 0. The van der Waals surface area contributed by atoms with E-state index >= 15 is 0 Å². The lowest BCUT2D eigenvalue weighted by Crippen LogP contribution is -2.36. The number of benzene rings is 1. The van der Waals surface area contributed by atoms with Gasteiger partial charge in [0.2, 0.25) is 5.91 Å². The molecule has 134 valence electrons. The van der Waals surface area contributed by atoms with Gasteiger partial charge in [-0.2, -0.15) is 0 Å². The van der Waals surface area contributed by atoms with Crippen LogP contribution in [0.5, 0.6) is 0 Å². The topological polar surface area (TPSA) is 54.5 Å². The summed E-state index contributed by atoms with van der Waals surface area (Å²) in [5, 5.41) is 5.35. The number of anilines is 2. The second-order valence-electron chi connectivity index (χ2n) is 6.10. The van der Waals surface area contributed by atoms with Crippen LogP contribution in [0, 0.1) is 5.82 Å². The van der Waals surface area contributed by atoms with E-state index in [2.05, 4.69) is 15.2 Å². The second kappa shape index (κ2) is 7.39. The van der Waals surface area contributed by atoms with Crippen LogP contribution < -0.4 is 10.2 Å². The van der Waals surface area contributed by atoms with Crippen molar-refractivity contribution in [3.8, 4) is 0 Å². The lowest BCUT2D eigenvalue weighted by Gasteiger charge is -2.28. The highest BCUT2D eigenvalue weighted by atomic mass is 32.1. The molecule has 1 N–H and O–H groups in total. The smallest absolute Gasteiger partial charge is 0.229 e. The van der Waals surface area contributed by atoms with Crippen LogP contribution >= 0.6 is 11.3 Å². The molecule has 3 aromatic rings. The molecule has 0 radical (unpaired) electrons. The first kappa shape index (κ1) is 16.9. The molecule has 3 heterocycles. The number of carbonyl (C=O) groups excluding carboxylic acids is 1. The number of ether oxygens (including phenoxy) is 1.